The van der Waals surface area contributed by atoms with E-state index in [0.717, 1.165) is 29.7 Å². The molecule has 2 N–H and O–H groups in total. The van der Waals surface area contributed by atoms with Crippen LogP contribution < -0.4 is 5.73 Å². The van der Waals surface area contributed by atoms with E-state index in [9.17, 15) is 0 Å². The Labute approximate surface area is 128 Å². The molecule has 0 radical (unpaired) electrons. The van der Waals surface area contributed by atoms with Gasteiger partial charge in [0.2, 0.25) is 0 Å². The third-order valence-corrected chi connectivity index (χ3v) is 3.55. The van der Waals surface area contributed by atoms with Crippen LogP contribution in [0, 0.1) is 0 Å². The second kappa shape index (κ2) is 8.30. The Kier molecular flexibility index (Phi) is 6.73. The Morgan fingerprint density at radius 2 is 2.14 bits per heavy atom. The molecule has 3 nitrogen and oxygen atoms in total. The van der Waals surface area contributed by atoms with Crippen molar-refractivity contribution < 1.29 is 0 Å². The highest BCUT2D eigenvalue weighted by Crippen LogP contribution is 2.27. The van der Waals surface area contributed by atoms with Gasteiger partial charge in [-0.15, -0.1) is 0 Å². The summed E-state index contributed by atoms with van der Waals surface area (Å²) in [6.45, 7) is 12.4. The van der Waals surface area contributed by atoms with Crippen LogP contribution >= 0.6 is 0 Å². The number of hydrogen-bond donors (Lipinski definition) is 1. The second-order valence-electron chi connectivity index (χ2n) is 5.06. The van der Waals surface area contributed by atoms with Gasteiger partial charge in [-0.2, -0.15) is 0 Å². The first-order chi connectivity index (χ1) is 10.1. The van der Waals surface area contributed by atoms with E-state index in [4.69, 9.17) is 5.73 Å². The van der Waals surface area contributed by atoms with Crippen LogP contribution in [0.3, 0.4) is 0 Å². The van der Waals surface area contributed by atoms with Crippen LogP contribution in [-0.2, 0) is 0 Å². The molecule has 1 heterocycles. The average Bonchev–Trinajstić information content (AvgIpc) is 2.47. The topological polar surface area (TPSA) is 41.6 Å². The van der Waals surface area contributed by atoms with Crippen molar-refractivity contribution in [2.24, 2.45) is 10.7 Å². The highest BCUT2D eigenvalue weighted by atomic mass is 15.2. The van der Waals surface area contributed by atoms with Crippen LogP contribution in [0.25, 0.3) is 0 Å². The lowest BCUT2D eigenvalue weighted by molar-refractivity contribution is 0.541. The van der Waals surface area contributed by atoms with Gasteiger partial charge in [-0.25, -0.2) is 4.99 Å². The normalized spacial score (nSPS) is 18.2. The maximum Gasteiger partial charge on any atom is 0.148 e. The second-order valence-corrected chi connectivity index (χ2v) is 5.06. The molecule has 0 aliphatic carbocycles. The fourth-order valence-electron chi connectivity index (χ4n) is 2.29. The number of hydrogen-bond acceptors (Lipinski definition) is 3. The fourth-order valence-corrected chi connectivity index (χ4v) is 2.29. The van der Waals surface area contributed by atoms with Gasteiger partial charge < -0.3 is 10.6 Å². The van der Waals surface area contributed by atoms with E-state index < -0.39 is 0 Å². The molecule has 0 spiro atoms. The van der Waals surface area contributed by atoms with Crippen LogP contribution in [0.2, 0.25) is 0 Å². The minimum atomic E-state index is 0.538. The summed E-state index contributed by atoms with van der Waals surface area (Å²) in [5, 5.41) is 0. The summed E-state index contributed by atoms with van der Waals surface area (Å²) in [5.74, 6) is 0.538. The standard InChI is InChI=1S/C18H27N3/c1-6-9-11-16(8-3)21-13-12-20-18(19)17(21)15(5)14(4)10-7-2/h7-8,10,12-13H,4,6,9,11H2,1-3,5H3,(H2,19,20). The van der Waals surface area contributed by atoms with Crippen LogP contribution in [0.15, 0.2) is 64.7 Å². The quantitative estimate of drug-likeness (QED) is 0.723. The van der Waals surface area contributed by atoms with Crippen molar-refractivity contribution in [2.75, 3.05) is 0 Å². The Hall–Kier alpha value is -2.03. The van der Waals surface area contributed by atoms with Gasteiger partial charge in [-0.05, 0) is 44.8 Å². The zero-order valence-corrected chi connectivity index (χ0v) is 13.7. The predicted octanol–water partition coefficient (Wildman–Crippen LogP) is 4.63. The Morgan fingerprint density at radius 1 is 1.43 bits per heavy atom. The molecule has 0 fully saturated rings. The van der Waals surface area contributed by atoms with Crippen molar-refractivity contribution >= 4 is 5.84 Å². The number of nitrogens with two attached hydrogens (primary N) is 1. The molecule has 0 saturated carbocycles. The smallest absolute Gasteiger partial charge is 0.148 e. The van der Waals surface area contributed by atoms with Gasteiger partial charge in [-0.1, -0.05) is 38.2 Å². The van der Waals surface area contributed by atoms with E-state index in [2.05, 4.69) is 36.4 Å². The zero-order valence-electron chi connectivity index (χ0n) is 13.7. The van der Waals surface area contributed by atoms with Crippen molar-refractivity contribution in [2.45, 2.75) is 47.0 Å². The summed E-state index contributed by atoms with van der Waals surface area (Å²) in [6.07, 6.45) is 13.2. The predicted molar refractivity (Wildman–Crippen MR) is 92.5 cm³/mol. The summed E-state index contributed by atoms with van der Waals surface area (Å²) in [4.78, 5) is 6.38. The Morgan fingerprint density at radius 3 is 2.71 bits per heavy atom. The number of nitrogens with zero attached hydrogens (tertiary/aromatic N) is 2. The number of allylic oxidation sites excluding steroid dienone is 6. The van der Waals surface area contributed by atoms with Crippen molar-refractivity contribution in [3.8, 4) is 0 Å². The van der Waals surface area contributed by atoms with Gasteiger partial charge in [0.05, 0.1) is 5.70 Å². The molecule has 0 unspecified atom stereocenters. The van der Waals surface area contributed by atoms with E-state index in [1.54, 1.807) is 6.20 Å². The number of amidine groups is 1. The average molecular weight is 285 g/mol. The van der Waals surface area contributed by atoms with Crippen molar-refractivity contribution in [1.82, 2.24) is 4.90 Å². The first kappa shape index (κ1) is 17.0. The zero-order chi connectivity index (χ0) is 15.8. The maximum absolute atomic E-state index is 6.13. The van der Waals surface area contributed by atoms with Gasteiger partial charge in [0.15, 0.2) is 0 Å². The molecule has 21 heavy (non-hydrogen) atoms. The van der Waals surface area contributed by atoms with Gasteiger partial charge >= 0.3 is 0 Å². The SMILES string of the molecule is C=C(C=CC)C(C)=C1C(N)=NC=CN1C(=CC)CCCC. The molecule has 3 heteroatoms. The van der Waals surface area contributed by atoms with Crippen molar-refractivity contribution in [3.63, 3.8) is 0 Å². The summed E-state index contributed by atoms with van der Waals surface area (Å²) >= 11 is 0. The largest absolute Gasteiger partial charge is 0.382 e. The highest BCUT2D eigenvalue weighted by Gasteiger charge is 2.20. The van der Waals surface area contributed by atoms with Crippen molar-refractivity contribution in [1.29, 1.82) is 0 Å². The summed E-state index contributed by atoms with van der Waals surface area (Å²) in [5.41, 5.74) is 10.3. The first-order valence-corrected chi connectivity index (χ1v) is 7.54. The molecule has 0 aromatic carbocycles. The lowest BCUT2D eigenvalue weighted by Crippen LogP contribution is -2.31. The molecule has 0 saturated heterocycles. The third-order valence-electron chi connectivity index (χ3n) is 3.55. The molecule has 0 amide bonds. The van der Waals surface area contributed by atoms with Gasteiger partial charge in [0, 0.05) is 18.1 Å². The van der Waals surface area contributed by atoms with Crippen LogP contribution in [0.4, 0.5) is 0 Å². The van der Waals surface area contributed by atoms with E-state index in [1.807, 2.05) is 32.2 Å². The summed E-state index contributed by atoms with van der Waals surface area (Å²) in [7, 11) is 0. The van der Waals surface area contributed by atoms with Gasteiger partial charge in [-0.3, -0.25) is 0 Å². The molecule has 0 aromatic rings. The minimum absolute atomic E-state index is 0.538. The van der Waals surface area contributed by atoms with Crippen LogP contribution in [0.5, 0.6) is 0 Å². The monoisotopic (exact) mass is 285 g/mol. The van der Waals surface area contributed by atoms with E-state index in [0.29, 0.717) is 5.84 Å². The molecule has 0 bridgehead atoms. The molecule has 1 aliphatic heterocycles. The number of aliphatic imine (C=N–C) groups is 1. The van der Waals surface area contributed by atoms with Crippen molar-refractivity contribution in [3.05, 3.63) is 59.7 Å². The maximum atomic E-state index is 6.13. The summed E-state index contributed by atoms with van der Waals surface area (Å²) < 4.78 is 0. The molecule has 1 rings (SSSR count). The molecule has 0 aromatic heterocycles. The van der Waals surface area contributed by atoms with Crippen LogP contribution in [0.1, 0.15) is 47.0 Å². The lowest BCUT2D eigenvalue weighted by Gasteiger charge is -2.30. The highest BCUT2D eigenvalue weighted by molar-refractivity contribution is 5.99. The van der Waals surface area contributed by atoms with Crippen LogP contribution in [-0.4, -0.2) is 10.7 Å². The molecule has 114 valence electrons. The molecule has 0 atom stereocenters. The number of unbranched alkanes of at least 4 members (excludes halogenated alkanes) is 1. The van der Waals surface area contributed by atoms with Gasteiger partial charge in [0.25, 0.3) is 0 Å². The molecular formula is C18H27N3. The number of rotatable bonds is 6. The molecule has 1 aliphatic rings. The first-order valence-electron chi connectivity index (χ1n) is 7.54. The third kappa shape index (κ3) is 4.22. The fraction of sp³-hybridized carbons (Fsp3) is 0.389. The molecular weight excluding hydrogens is 258 g/mol. The Bertz CT molecular complexity index is 531. The van der Waals surface area contributed by atoms with Gasteiger partial charge in [0.1, 0.15) is 5.84 Å². The Balaban J connectivity index is 3.23. The van der Waals surface area contributed by atoms with E-state index in [1.165, 1.54) is 12.1 Å². The van der Waals surface area contributed by atoms with E-state index in [-0.39, 0.29) is 0 Å². The van der Waals surface area contributed by atoms with E-state index >= 15 is 0 Å². The lowest BCUT2D eigenvalue weighted by atomic mass is 10.0. The summed E-state index contributed by atoms with van der Waals surface area (Å²) in [6, 6.07) is 0. The minimum Gasteiger partial charge on any atom is -0.382 e.